The molecule has 1 unspecified atom stereocenters. The number of carboxylic acids is 1. The summed E-state index contributed by atoms with van der Waals surface area (Å²) < 4.78 is 28.4. The molecule has 2 N–H and O–H groups in total. The Morgan fingerprint density at radius 2 is 2.05 bits per heavy atom. The lowest BCUT2D eigenvalue weighted by molar-refractivity contribution is -0.386. The molecule has 8 nitrogen and oxygen atoms in total. The van der Waals surface area contributed by atoms with Crippen LogP contribution in [0.25, 0.3) is 0 Å². The van der Waals surface area contributed by atoms with E-state index in [9.17, 15) is 33.6 Å². The van der Waals surface area contributed by atoms with E-state index in [2.05, 4.69) is 4.74 Å². The number of nitrogens with zero attached hydrogens (tertiary/aromatic N) is 1. The molecule has 0 aromatic heterocycles. The molecule has 0 fully saturated rings. The number of hydrogen-bond donors (Lipinski definition) is 2. The number of rotatable bonds is 6. The zero-order chi connectivity index (χ0) is 15.4. The number of aliphatic hydroxyl groups excluding tert-OH is 1. The van der Waals surface area contributed by atoms with Crippen molar-refractivity contribution in [3.63, 3.8) is 0 Å². The number of carbonyl (C=O) groups excluding carboxylic acids is 1. The minimum atomic E-state index is -3.42. The van der Waals surface area contributed by atoms with Crippen molar-refractivity contribution < 1.29 is 38.2 Å². The Kier molecular flexibility index (Phi) is 4.64. The topological polar surface area (TPSA) is 127 Å². The molecule has 1 aromatic carbocycles. The van der Waals surface area contributed by atoms with Crippen molar-refractivity contribution in [3.05, 3.63) is 33.4 Å². The van der Waals surface area contributed by atoms with E-state index in [-0.39, 0.29) is 11.8 Å². The van der Waals surface area contributed by atoms with Crippen LogP contribution in [0.4, 0.5) is 14.5 Å². The number of hydrogen-bond acceptors (Lipinski definition) is 6. The van der Waals surface area contributed by atoms with E-state index in [1.54, 1.807) is 0 Å². The van der Waals surface area contributed by atoms with Crippen LogP contribution >= 0.6 is 0 Å². The van der Waals surface area contributed by atoms with Gasteiger partial charge in [0.2, 0.25) is 0 Å². The summed E-state index contributed by atoms with van der Waals surface area (Å²) >= 11 is 0. The number of carboxylic acid groups (broad SMARTS) is 1. The molecule has 1 aromatic rings. The molecule has 10 heteroatoms. The number of alkyl halides is 2. The van der Waals surface area contributed by atoms with E-state index in [4.69, 9.17) is 5.11 Å². The second-order valence-electron chi connectivity index (χ2n) is 3.45. The summed E-state index contributed by atoms with van der Waals surface area (Å²) in [6.07, 6.45) is -2.33. The second kappa shape index (κ2) is 6.02. The summed E-state index contributed by atoms with van der Waals surface area (Å²) in [5, 5.41) is 28.8. The number of ether oxygens (including phenoxy) is 1. The zero-order valence-electron chi connectivity index (χ0n) is 9.53. The Morgan fingerprint density at radius 1 is 1.45 bits per heavy atom. The fourth-order valence-electron chi connectivity index (χ4n) is 1.44. The van der Waals surface area contributed by atoms with Gasteiger partial charge in [0.1, 0.15) is 17.6 Å². The summed E-state index contributed by atoms with van der Waals surface area (Å²) in [6, 6.07) is 1.32. The number of benzene rings is 1. The molecule has 1 atom stereocenters. The maximum absolute atomic E-state index is 12.2. The van der Waals surface area contributed by atoms with E-state index in [0.717, 1.165) is 0 Å². The lowest BCUT2D eigenvalue weighted by Crippen LogP contribution is -2.16. The number of aliphatic hydroxyl groups is 1. The number of carbonyl (C=O) groups is 2. The Morgan fingerprint density at radius 3 is 2.45 bits per heavy atom. The standard InChI is InChI=1S/C10H7F2NO7/c11-10(12)20-6-2-4(3-14)1-5(13(18)19)7(6)8(15)9(16)17/h1-3,8,10,15H,(H,16,17). The van der Waals surface area contributed by atoms with Crippen molar-refractivity contribution in [3.8, 4) is 5.75 Å². The average Bonchev–Trinajstić information content (AvgIpc) is 2.35. The molecule has 0 saturated carbocycles. The second-order valence-corrected chi connectivity index (χ2v) is 3.45. The smallest absolute Gasteiger partial charge is 0.387 e. The predicted octanol–water partition coefficient (Wildman–Crippen LogP) is 1.13. The van der Waals surface area contributed by atoms with Crippen molar-refractivity contribution in [1.29, 1.82) is 0 Å². The van der Waals surface area contributed by atoms with Crippen LogP contribution in [0.2, 0.25) is 0 Å². The van der Waals surface area contributed by atoms with E-state index in [0.29, 0.717) is 12.1 Å². The first-order valence-electron chi connectivity index (χ1n) is 4.91. The fourth-order valence-corrected chi connectivity index (χ4v) is 1.44. The normalized spacial score (nSPS) is 12.0. The van der Waals surface area contributed by atoms with Crippen LogP contribution in [0.3, 0.4) is 0 Å². The lowest BCUT2D eigenvalue weighted by Gasteiger charge is -2.13. The monoisotopic (exact) mass is 291 g/mol. The zero-order valence-corrected chi connectivity index (χ0v) is 9.53. The Balaban J connectivity index is 3.59. The third kappa shape index (κ3) is 3.23. The average molecular weight is 291 g/mol. The van der Waals surface area contributed by atoms with Crippen molar-refractivity contribution in [2.45, 2.75) is 12.7 Å². The van der Waals surface area contributed by atoms with Gasteiger partial charge in [-0.05, 0) is 6.07 Å². The van der Waals surface area contributed by atoms with Crippen LogP contribution in [0.5, 0.6) is 5.75 Å². The highest BCUT2D eigenvalue weighted by molar-refractivity contribution is 5.82. The van der Waals surface area contributed by atoms with E-state index >= 15 is 0 Å². The van der Waals surface area contributed by atoms with Crippen molar-refractivity contribution in [2.75, 3.05) is 0 Å². The third-order valence-corrected chi connectivity index (χ3v) is 2.20. The Labute approximate surface area is 109 Å². The van der Waals surface area contributed by atoms with Gasteiger partial charge in [-0.1, -0.05) is 0 Å². The molecule has 1 rings (SSSR count). The molecule has 0 aliphatic carbocycles. The highest BCUT2D eigenvalue weighted by atomic mass is 19.3. The Hall–Kier alpha value is -2.62. The van der Waals surface area contributed by atoms with Gasteiger partial charge in [-0.25, -0.2) is 4.79 Å². The number of nitro groups is 1. The van der Waals surface area contributed by atoms with Crippen molar-refractivity contribution >= 4 is 17.9 Å². The maximum Gasteiger partial charge on any atom is 0.387 e. The molecule has 20 heavy (non-hydrogen) atoms. The molecular weight excluding hydrogens is 284 g/mol. The first-order valence-corrected chi connectivity index (χ1v) is 4.91. The predicted molar refractivity (Wildman–Crippen MR) is 57.7 cm³/mol. The molecule has 0 heterocycles. The summed E-state index contributed by atoms with van der Waals surface area (Å²) in [5.74, 6) is -2.85. The quantitative estimate of drug-likeness (QED) is 0.456. The summed E-state index contributed by atoms with van der Waals surface area (Å²) in [4.78, 5) is 31.0. The molecule has 0 aliphatic rings. The fraction of sp³-hybridized carbons (Fsp3) is 0.200. The first kappa shape index (κ1) is 15.4. The summed E-state index contributed by atoms with van der Waals surface area (Å²) in [6.45, 7) is -3.42. The van der Waals surface area contributed by atoms with Crippen molar-refractivity contribution in [1.82, 2.24) is 0 Å². The van der Waals surface area contributed by atoms with Crippen molar-refractivity contribution in [2.24, 2.45) is 0 Å². The number of aliphatic carboxylic acids is 1. The lowest BCUT2D eigenvalue weighted by atomic mass is 10.0. The van der Waals surface area contributed by atoms with E-state index in [1.807, 2.05) is 0 Å². The van der Waals surface area contributed by atoms with Crippen LogP contribution < -0.4 is 4.74 Å². The molecule has 0 bridgehead atoms. The van der Waals surface area contributed by atoms with Gasteiger partial charge in [-0.3, -0.25) is 14.9 Å². The molecular formula is C10H7F2NO7. The van der Waals surface area contributed by atoms with Crippen LogP contribution in [0.1, 0.15) is 22.0 Å². The molecule has 0 saturated heterocycles. The van der Waals surface area contributed by atoms with Crippen LogP contribution in [0, 0.1) is 10.1 Å². The summed E-state index contributed by atoms with van der Waals surface area (Å²) in [7, 11) is 0. The van der Waals surface area contributed by atoms with Crippen LogP contribution in [-0.4, -0.2) is 34.0 Å². The van der Waals surface area contributed by atoms with Gasteiger partial charge in [0.15, 0.2) is 6.10 Å². The van der Waals surface area contributed by atoms with Gasteiger partial charge >= 0.3 is 12.6 Å². The Bertz CT molecular complexity index is 561. The molecule has 0 aliphatic heterocycles. The van der Waals surface area contributed by atoms with Gasteiger partial charge in [-0.2, -0.15) is 8.78 Å². The van der Waals surface area contributed by atoms with Crippen LogP contribution in [0.15, 0.2) is 12.1 Å². The number of halogens is 2. The highest BCUT2D eigenvalue weighted by Gasteiger charge is 2.32. The highest BCUT2D eigenvalue weighted by Crippen LogP contribution is 2.36. The molecule has 108 valence electrons. The minimum absolute atomic E-state index is 0.127. The van der Waals surface area contributed by atoms with Gasteiger partial charge in [-0.15, -0.1) is 0 Å². The first-order chi connectivity index (χ1) is 9.27. The van der Waals surface area contributed by atoms with E-state index < -0.39 is 40.6 Å². The number of nitro benzene ring substituents is 1. The molecule has 0 radical (unpaired) electrons. The molecule has 0 amide bonds. The van der Waals surface area contributed by atoms with Gasteiger partial charge in [0, 0.05) is 11.6 Å². The molecule has 0 spiro atoms. The SMILES string of the molecule is O=Cc1cc(OC(F)F)c(C(O)C(=O)O)c([N+](=O)[O-])c1. The minimum Gasteiger partial charge on any atom is -0.479 e. The summed E-state index contributed by atoms with van der Waals surface area (Å²) in [5.41, 5.74) is -2.36. The van der Waals surface area contributed by atoms with Gasteiger partial charge < -0.3 is 14.9 Å². The number of aldehydes is 1. The van der Waals surface area contributed by atoms with Crippen LogP contribution in [-0.2, 0) is 4.79 Å². The third-order valence-electron chi connectivity index (χ3n) is 2.20. The van der Waals surface area contributed by atoms with E-state index in [1.165, 1.54) is 0 Å². The van der Waals surface area contributed by atoms with Gasteiger partial charge in [0.05, 0.1) is 4.92 Å². The van der Waals surface area contributed by atoms with Gasteiger partial charge in [0.25, 0.3) is 5.69 Å². The largest absolute Gasteiger partial charge is 0.479 e. The maximum atomic E-state index is 12.2.